The van der Waals surface area contributed by atoms with Gasteiger partial charge in [-0.2, -0.15) is 0 Å². The Balaban J connectivity index is 2.20. The van der Waals surface area contributed by atoms with Crippen LogP contribution in [0.3, 0.4) is 0 Å². The molecule has 2 aromatic rings. The van der Waals surface area contributed by atoms with Crippen LogP contribution in [0.1, 0.15) is 5.56 Å². The number of hydrogen-bond acceptors (Lipinski definition) is 3. The number of nitrogens with one attached hydrogen (secondary N) is 1. The van der Waals surface area contributed by atoms with Gasteiger partial charge in [0, 0.05) is 18.5 Å². The fourth-order valence-corrected chi connectivity index (χ4v) is 1.69. The number of nitrogen functional groups attached to an aromatic ring is 1. The summed E-state index contributed by atoms with van der Waals surface area (Å²) >= 11 is 0. The van der Waals surface area contributed by atoms with Crippen LogP contribution in [0.15, 0.2) is 42.5 Å². The van der Waals surface area contributed by atoms with Gasteiger partial charge in [-0.1, -0.05) is 12.1 Å². The average molecular weight is 246 g/mol. The Hall–Kier alpha value is -2.07. The van der Waals surface area contributed by atoms with Crippen LogP contribution in [0.4, 0.5) is 21.5 Å². The maximum absolute atomic E-state index is 13.6. The highest BCUT2D eigenvalue weighted by atomic mass is 19.1. The second kappa shape index (κ2) is 5.51. The molecule has 0 aliphatic carbocycles. The molecule has 4 heteroatoms. The predicted molar refractivity (Wildman–Crippen MR) is 71.3 cm³/mol. The molecule has 0 saturated heterocycles. The van der Waals surface area contributed by atoms with E-state index in [1.54, 1.807) is 19.2 Å². The summed E-state index contributed by atoms with van der Waals surface area (Å²) in [4.78, 5) is 0. The van der Waals surface area contributed by atoms with Crippen LogP contribution in [0.25, 0.3) is 0 Å². The lowest BCUT2D eigenvalue weighted by Crippen LogP contribution is -1.96. The summed E-state index contributed by atoms with van der Waals surface area (Å²) in [6.07, 6.45) is 0. The Morgan fingerprint density at radius 3 is 2.78 bits per heavy atom. The van der Waals surface area contributed by atoms with E-state index < -0.39 is 0 Å². The number of hydrogen-bond donors (Lipinski definition) is 2. The van der Waals surface area contributed by atoms with Crippen molar-refractivity contribution in [3.63, 3.8) is 0 Å². The van der Waals surface area contributed by atoms with E-state index in [1.807, 2.05) is 24.3 Å². The van der Waals surface area contributed by atoms with Crippen molar-refractivity contribution >= 4 is 17.1 Å². The Kier molecular flexibility index (Phi) is 3.79. The minimum Gasteiger partial charge on any atom is -0.399 e. The van der Waals surface area contributed by atoms with Gasteiger partial charge in [-0.05, 0) is 35.9 Å². The molecule has 0 aromatic heterocycles. The van der Waals surface area contributed by atoms with Gasteiger partial charge in [0.05, 0.1) is 12.3 Å². The summed E-state index contributed by atoms with van der Waals surface area (Å²) in [5.41, 5.74) is 8.15. The van der Waals surface area contributed by atoms with Crippen molar-refractivity contribution in [3.05, 3.63) is 53.8 Å². The molecule has 18 heavy (non-hydrogen) atoms. The number of halogens is 1. The first-order valence-corrected chi connectivity index (χ1v) is 5.59. The van der Waals surface area contributed by atoms with Crippen LogP contribution in [0.5, 0.6) is 0 Å². The number of nitrogens with two attached hydrogens (primary N) is 1. The topological polar surface area (TPSA) is 47.3 Å². The van der Waals surface area contributed by atoms with E-state index in [0.29, 0.717) is 18.0 Å². The second-order valence-corrected chi connectivity index (χ2v) is 4.00. The second-order valence-electron chi connectivity index (χ2n) is 4.00. The van der Waals surface area contributed by atoms with E-state index in [9.17, 15) is 4.39 Å². The maximum Gasteiger partial charge on any atom is 0.148 e. The average Bonchev–Trinajstić information content (AvgIpc) is 2.34. The zero-order valence-electron chi connectivity index (χ0n) is 10.1. The van der Waals surface area contributed by atoms with Gasteiger partial charge >= 0.3 is 0 Å². The third-order valence-electron chi connectivity index (χ3n) is 2.51. The fraction of sp³-hybridized carbons (Fsp3) is 0.143. The minimum absolute atomic E-state index is 0.368. The first-order valence-electron chi connectivity index (χ1n) is 5.59. The quantitative estimate of drug-likeness (QED) is 0.814. The molecule has 0 aliphatic rings. The van der Waals surface area contributed by atoms with Crippen LogP contribution < -0.4 is 11.1 Å². The van der Waals surface area contributed by atoms with Crippen molar-refractivity contribution in [1.82, 2.24) is 0 Å². The number of anilines is 3. The van der Waals surface area contributed by atoms with Gasteiger partial charge < -0.3 is 15.8 Å². The van der Waals surface area contributed by atoms with E-state index in [4.69, 9.17) is 10.5 Å². The molecule has 2 aromatic carbocycles. The first kappa shape index (κ1) is 12.4. The Morgan fingerprint density at radius 1 is 1.22 bits per heavy atom. The van der Waals surface area contributed by atoms with Crippen molar-refractivity contribution in [2.75, 3.05) is 18.2 Å². The number of rotatable bonds is 4. The molecule has 0 aliphatic heterocycles. The molecule has 0 radical (unpaired) electrons. The first-order chi connectivity index (χ1) is 8.69. The van der Waals surface area contributed by atoms with Crippen LogP contribution >= 0.6 is 0 Å². The monoisotopic (exact) mass is 246 g/mol. The molecule has 3 nitrogen and oxygen atoms in total. The molecular formula is C14H15FN2O. The zero-order valence-corrected chi connectivity index (χ0v) is 10.1. The van der Waals surface area contributed by atoms with Crippen molar-refractivity contribution in [2.45, 2.75) is 6.61 Å². The number of ether oxygens (including phenoxy) is 1. The van der Waals surface area contributed by atoms with Crippen LogP contribution in [-0.2, 0) is 11.3 Å². The summed E-state index contributed by atoms with van der Waals surface area (Å²) in [7, 11) is 1.64. The molecule has 0 saturated carbocycles. The summed E-state index contributed by atoms with van der Waals surface area (Å²) < 4.78 is 18.7. The molecule has 0 amide bonds. The molecular weight excluding hydrogens is 231 g/mol. The maximum atomic E-state index is 13.6. The van der Waals surface area contributed by atoms with E-state index in [-0.39, 0.29) is 5.82 Å². The summed E-state index contributed by atoms with van der Waals surface area (Å²) in [5, 5.41) is 3.01. The summed E-state index contributed by atoms with van der Waals surface area (Å²) in [6, 6.07) is 12.2. The SMILES string of the molecule is COCc1cccc(Nc2ccc(N)cc2F)c1. The largest absolute Gasteiger partial charge is 0.399 e. The lowest BCUT2D eigenvalue weighted by atomic mass is 10.2. The van der Waals surface area contributed by atoms with E-state index in [2.05, 4.69) is 5.32 Å². The van der Waals surface area contributed by atoms with E-state index in [0.717, 1.165) is 11.3 Å². The zero-order chi connectivity index (χ0) is 13.0. The van der Waals surface area contributed by atoms with Crippen molar-refractivity contribution in [3.8, 4) is 0 Å². The van der Waals surface area contributed by atoms with Gasteiger partial charge in [-0.3, -0.25) is 0 Å². The highest BCUT2D eigenvalue weighted by Gasteiger charge is 2.03. The lowest BCUT2D eigenvalue weighted by molar-refractivity contribution is 0.185. The molecule has 0 spiro atoms. The van der Waals surface area contributed by atoms with Crippen molar-refractivity contribution in [1.29, 1.82) is 0 Å². The fourth-order valence-electron chi connectivity index (χ4n) is 1.69. The third kappa shape index (κ3) is 2.99. The summed E-state index contributed by atoms with van der Waals surface area (Å²) in [5.74, 6) is -0.368. The van der Waals surface area contributed by atoms with Gasteiger partial charge in [0.2, 0.25) is 0 Å². The van der Waals surface area contributed by atoms with Crippen LogP contribution in [0, 0.1) is 5.82 Å². The normalized spacial score (nSPS) is 10.3. The Bertz CT molecular complexity index is 543. The molecule has 3 N–H and O–H groups in total. The molecule has 0 bridgehead atoms. The van der Waals surface area contributed by atoms with Crippen LogP contribution in [-0.4, -0.2) is 7.11 Å². The molecule has 94 valence electrons. The van der Waals surface area contributed by atoms with Crippen molar-refractivity contribution < 1.29 is 9.13 Å². The standard InChI is InChI=1S/C14H15FN2O/c1-18-9-10-3-2-4-12(7-10)17-14-6-5-11(16)8-13(14)15/h2-8,17H,9,16H2,1H3. The van der Waals surface area contributed by atoms with E-state index in [1.165, 1.54) is 6.07 Å². The molecule has 0 heterocycles. The Morgan fingerprint density at radius 2 is 2.06 bits per heavy atom. The van der Waals surface area contributed by atoms with Gasteiger partial charge in [0.15, 0.2) is 0 Å². The number of benzene rings is 2. The highest BCUT2D eigenvalue weighted by Crippen LogP contribution is 2.22. The summed E-state index contributed by atoms with van der Waals surface area (Å²) in [6.45, 7) is 0.528. The number of methoxy groups -OCH3 is 1. The van der Waals surface area contributed by atoms with Gasteiger partial charge in [0.1, 0.15) is 5.82 Å². The smallest absolute Gasteiger partial charge is 0.148 e. The van der Waals surface area contributed by atoms with E-state index >= 15 is 0 Å². The lowest BCUT2D eigenvalue weighted by Gasteiger charge is -2.09. The van der Waals surface area contributed by atoms with Gasteiger partial charge in [0.25, 0.3) is 0 Å². The van der Waals surface area contributed by atoms with Crippen LogP contribution in [0.2, 0.25) is 0 Å². The minimum atomic E-state index is -0.368. The molecule has 2 rings (SSSR count). The van der Waals surface area contributed by atoms with Crippen molar-refractivity contribution in [2.24, 2.45) is 0 Å². The Labute approximate surface area is 105 Å². The van der Waals surface area contributed by atoms with Gasteiger partial charge in [-0.15, -0.1) is 0 Å². The molecule has 0 fully saturated rings. The molecule has 0 atom stereocenters. The predicted octanol–water partition coefficient (Wildman–Crippen LogP) is 3.30. The molecule has 0 unspecified atom stereocenters. The highest BCUT2D eigenvalue weighted by molar-refractivity contribution is 5.63. The third-order valence-corrected chi connectivity index (χ3v) is 2.51. The van der Waals surface area contributed by atoms with Gasteiger partial charge in [-0.25, -0.2) is 4.39 Å².